The SMILES string of the molecule is CC(C)N(C)C(=O)/C(=C\N(C=O)CC(=O)N1CCC(N2CCc3ccccc3NC2=O)CC1)c1cccc([S+](C)[O-])c1Cl. The first kappa shape index (κ1) is 32.4. The Hall–Kier alpha value is -3.54. The number of fused-ring (bicyclic) bond motifs is 1. The van der Waals surface area contributed by atoms with Gasteiger partial charge in [-0.15, -0.1) is 0 Å². The molecule has 0 aromatic heterocycles. The number of amides is 5. The molecule has 0 saturated carbocycles. The van der Waals surface area contributed by atoms with E-state index in [9.17, 15) is 23.7 Å². The summed E-state index contributed by atoms with van der Waals surface area (Å²) in [6.45, 7) is 4.92. The molecule has 0 spiro atoms. The maximum absolute atomic E-state index is 13.5. The van der Waals surface area contributed by atoms with Gasteiger partial charge in [-0.1, -0.05) is 41.9 Å². The molecule has 1 saturated heterocycles. The van der Waals surface area contributed by atoms with Crippen LogP contribution in [-0.2, 0) is 32.0 Å². The maximum Gasteiger partial charge on any atom is 0.322 e. The number of anilines is 1. The number of nitrogens with one attached hydrogen (secondary N) is 1. The fourth-order valence-electron chi connectivity index (χ4n) is 5.31. The van der Waals surface area contributed by atoms with Crippen molar-refractivity contribution >= 4 is 58.3 Å². The minimum absolute atomic E-state index is 0.00485. The van der Waals surface area contributed by atoms with E-state index in [2.05, 4.69) is 5.32 Å². The first-order valence-corrected chi connectivity index (χ1v) is 16.2. The molecule has 12 heteroatoms. The molecule has 0 aliphatic carbocycles. The lowest BCUT2D eigenvalue weighted by Gasteiger charge is -2.38. The highest BCUT2D eigenvalue weighted by Gasteiger charge is 2.32. The number of halogens is 1. The van der Waals surface area contributed by atoms with Gasteiger partial charge in [0.05, 0.1) is 5.57 Å². The molecule has 0 radical (unpaired) electrons. The monoisotopic (exact) mass is 627 g/mol. The van der Waals surface area contributed by atoms with E-state index in [0.29, 0.717) is 49.3 Å². The van der Waals surface area contributed by atoms with Crippen molar-refractivity contribution in [1.29, 1.82) is 0 Å². The minimum atomic E-state index is -1.40. The number of carbonyl (C=O) groups excluding carboxylic acids is 4. The van der Waals surface area contributed by atoms with Gasteiger partial charge in [0.15, 0.2) is 4.90 Å². The van der Waals surface area contributed by atoms with Crippen molar-refractivity contribution in [2.24, 2.45) is 0 Å². The van der Waals surface area contributed by atoms with Gasteiger partial charge in [-0.3, -0.25) is 14.4 Å². The topological polar surface area (TPSA) is 116 Å². The second-order valence-corrected chi connectivity index (χ2v) is 12.8. The van der Waals surface area contributed by atoms with Crippen molar-refractivity contribution in [1.82, 2.24) is 19.6 Å². The van der Waals surface area contributed by atoms with Crippen LogP contribution in [0.25, 0.3) is 5.57 Å². The molecule has 2 heterocycles. The molecule has 5 amide bonds. The summed E-state index contributed by atoms with van der Waals surface area (Å²) in [7, 11) is 1.64. The zero-order valence-corrected chi connectivity index (χ0v) is 26.5. The average Bonchev–Trinajstić information content (AvgIpc) is 3.16. The molecular formula is C31H38ClN5O5S. The van der Waals surface area contributed by atoms with Gasteiger partial charge in [0.25, 0.3) is 5.91 Å². The van der Waals surface area contributed by atoms with E-state index >= 15 is 0 Å². The first-order valence-electron chi connectivity index (χ1n) is 14.3. The summed E-state index contributed by atoms with van der Waals surface area (Å²) in [5, 5.41) is 3.16. The van der Waals surface area contributed by atoms with Crippen molar-refractivity contribution in [3.8, 4) is 0 Å². The second-order valence-electron chi connectivity index (χ2n) is 11.0. The molecule has 2 aromatic carbocycles. The van der Waals surface area contributed by atoms with Gasteiger partial charge in [0.1, 0.15) is 17.8 Å². The van der Waals surface area contributed by atoms with Crippen LogP contribution in [0.2, 0.25) is 5.02 Å². The van der Waals surface area contributed by atoms with Crippen molar-refractivity contribution in [2.75, 3.05) is 44.8 Å². The van der Waals surface area contributed by atoms with E-state index in [1.165, 1.54) is 17.4 Å². The highest BCUT2D eigenvalue weighted by atomic mass is 35.5. The Morgan fingerprint density at radius 1 is 1.14 bits per heavy atom. The summed E-state index contributed by atoms with van der Waals surface area (Å²) >= 11 is 5.18. The molecule has 1 fully saturated rings. The molecule has 1 N–H and O–H groups in total. The van der Waals surface area contributed by atoms with Crippen LogP contribution in [0, 0.1) is 0 Å². The number of nitrogens with zero attached hydrogens (tertiary/aromatic N) is 4. The minimum Gasteiger partial charge on any atom is -0.612 e. The zero-order valence-electron chi connectivity index (χ0n) is 24.9. The summed E-state index contributed by atoms with van der Waals surface area (Å²) in [5.41, 5.74) is 2.37. The average molecular weight is 628 g/mol. The lowest BCUT2D eigenvalue weighted by atomic mass is 10.0. The standard InChI is InChI=1S/C31H38ClN5O5S/c1-21(2)34(3)30(40)25(24-9-7-11-27(29(24)32)43(4)42)18-35(20-38)19-28(39)36-15-13-23(14-16-36)37-17-12-22-8-5-6-10-26(22)33-31(37)41/h5-11,18,20-21,23H,12-17,19H2,1-4H3,(H,33,41)/b25-18-. The summed E-state index contributed by atoms with van der Waals surface area (Å²) in [6, 6.07) is 12.4. The van der Waals surface area contributed by atoms with Crippen LogP contribution >= 0.6 is 11.6 Å². The molecule has 43 heavy (non-hydrogen) atoms. The Morgan fingerprint density at radius 2 is 1.84 bits per heavy atom. The number of urea groups is 1. The summed E-state index contributed by atoms with van der Waals surface area (Å²) < 4.78 is 12.2. The number of hydrogen-bond donors (Lipinski definition) is 1. The fourth-order valence-corrected chi connectivity index (χ4v) is 6.49. The van der Waals surface area contributed by atoms with E-state index in [1.54, 1.807) is 30.1 Å². The van der Waals surface area contributed by atoms with Crippen LogP contribution in [0.3, 0.4) is 0 Å². The van der Waals surface area contributed by atoms with Crippen molar-refractivity contribution in [3.05, 3.63) is 64.8 Å². The Balaban J connectivity index is 1.46. The Bertz CT molecular complexity index is 1390. The second kappa shape index (κ2) is 14.3. The van der Waals surface area contributed by atoms with Gasteiger partial charge >= 0.3 is 6.03 Å². The van der Waals surface area contributed by atoms with Gasteiger partial charge in [0, 0.05) is 56.2 Å². The fraction of sp³-hybridized carbons (Fsp3) is 0.419. The van der Waals surface area contributed by atoms with E-state index < -0.39 is 17.1 Å². The Labute approximate surface area is 260 Å². The number of likely N-dealkylation sites (tertiary alicyclic amines) is 1. The third-order valence-corrected chi connectivity index (χ3v) is 9.52. The highest BCUT2D eigenvalue weighted by Crippen LogP contribution is 2.32. The summed E-state index contributed by atoms with van der Waals surface area (Å²) in [6.07, 6.45) is 5.32. The Morgan fingerprint density at radius 3 is 2.49 bits per heavy atom. The zero-order chi connectivity index (χ0) is 31.3. The number of rotatable bonds is 9. The quantitative estimate of drug-likeness (QED) is 0.258. The molecule has 1 atom stereocenters. The van der Waals surface area contributed by atoms with Crippen LogP contribution in [0.1, 0.15) is 37.8 Å². The predicted molar refractivity (Wildman–Crippen MR) is 168 cm³/mol. The van der Waals surface area contributed by atoms with Gasteiger partial charge in [-0.05, 0) is 62.0 Å². The van der Waals surface area contributed by atoms with Crippen molar-refractivity contribution in [2.45, 2.75) is 50.1 Å². The Kier molecular flexibility index (Phi) is 10.8. The van der Waals surface area contributed by atoms with Crippen LogP contribution < -0.4 is 5.32 Å². The van der Waals surface area contributed by atoms with E-state index in [4.69, 9.17) is 11.6 Å². The molecule has 2 aliphatic heterocycles. The van der Waals surface area contributed by atoms with Gasteiger partial charge in [-0.25, -0.2) is 4.79 Å². The van der Waals surface area contributed by atoms with E-state index in [0.717, 1.165) is 22.6 Å². The smallest absolute Gasteiger partial charge is 0.322 e. The lowest BCUT2D eigenvalue weighted by molar-refractivity contribution is -0.135. The van der Waals surface area contributed by atoms with Gasteiger partial charge < -0.3 is 29.5 Å². The maximum atomic E-state index is 13.5. The number of benzene rings is 2. The molecule has 1 unspecified atom stereocenters. The van der Waals surface area contributed by atoms with Crippen molar-refractivity contribution < 1.29 is 23.7 Å². The largest absolute Gasteiger partial charge is 0.612 e. The number of hydrogen-bond acceptors (Lipinski definition) is 5. The molecule has 10 nitrogen and oxygen atoms in total. The lowest BCUT2D eigenvalue weighted by Crippen LogP contribution is -2.51. The van der Waals surface area contributed by atoms with E-state index in [1.807, 2.05) is 43.0 Å². The van der Waals surface area contributed by atoms with Crippen LogP contribution in [-0.4, -0.2) is 100.0 Å². The highest BCUT2D eigenvalue weighted by molar-refractivity contribution is 7.90. The number of piperidine rings is 1. The van der Waals surface area contributed by atoms with Crippen molar-refractivity contribution in [3.63, 3.8) is 0 Å². The molecule has 230 valence electrons. The van der Waals surface area contributed by atoms with Crippen LogP contribution in [0.4, 0.5) is 10.5 Å². The molecule has 2 aliphatic rings. The van der Waals surface area contributed by atoms with Crippen LogP contribution in [0.15, 0.2) is 53.6 Å². The summed E-state index contributed by atoms with van der Waals surface area (Å²) in [4.78, 5) is 58.5. The number of para-hydroxylation sites is 1. The van der Waals surface area contributed by atoms with Gasteiger partial charge in [0.2, 0.25) is 12.3 Å². The normalized spacial score (nSPS) is 16.7. The molecule has 2 aromatic rings. The van der Waals surface area contributed by atoms with Gasteiger partial charge in [-0.2, -0.15) is 0 Å². The molecular weight excluding hydrogens is 590 g/mol. The predicted octanol–water partition coefficient (Wildman–Crippen LogP) is 3.82. The third kappa shape index (κ3) is 7.52. The molecule has 0 bridgehead atoms. The molecule has 4 rings (SSSR count). The first-order chi connectivity index (χ1) is 20.5. The van der Waals surface area contributed by atoms with Crippen LogP contribution in [0.5, 0.6) is 0 Å². The number of carbonyl (C=O) groups is 4. The third-order valence-electron chi connectivity index (χ3n) is 8.04. The summed E-state index contributed by atoms with van der Waals surface area (Å²) in [5.74, 6) is -0.665. The number of likely N-dealkylation sites (N-methyl/N-ethyl adjacent to an activating group) is 1. The van der Waals surface area contributed by atoms with E-state index in [-0.39, 0.29) is 41.2 Å².